The molecule has 10 nitrogen and oxygen atoms in total. The van der Waals surface area contributed by atoms with E-state index in [2.05, 4.69) is 13.6 Å². The van der Waals surface area contributed by atoms with Crippen LogP contribution in [0.25, 0.3) is 0 Å². The Morgan fingerprint density at radius 3 is 1.79 bits per heavy atom. The number of methoxy groups -OCH3 is 1. The van der Waals surface area contributed by atoms with Crippen molar-refractivity contribution in [3.05, 3.63) is 0 Å². The molecule has 13 heteroatoms. The molecule has 0 aromatic heterocycles. The smallest absolute Gasteiger partial charge is 0.354 e. The monoisotopic (exact) mass is 404 g/mol. The molecule has 0 N–H and O–H groups in total. The predicted molar refractivity (Wildman–Crippen MR) is 88.2 cm³/mol. The summed E-state index contributed by atoms with van der Waals surface area (Å²) in [7, 11) is 6.45. The molecular weight excluding hydrogens is 385 g/mol. The van der Waals surface area contributed by atoms with Gasteiger partial charge in [-0.3, -0.25) is 9.59 Å². The predicted octanol–water partition coefficient (Wildman–Crippen LogP) is -0.289. The van der Waals surface area contributed by atoms with Crippen molar-refractivity contribution in [2.24, 2.45) is 0 Å². The molecule has 0 amide bonds. The molecule has 3 atom stereocenters. The molecule has 0 aromatic carbocycles. The lowest BCUT2D eigenvalue weighted by atomic mass is 9.95. The average molecular weight is 404 g/mol. The Kier molecular flexibility index (Phi) is 12.0. The van der Waals surface area contributed by atoms with Crippen LogP contribution in [0, 0.1) is 0 Å². The zero-order chi connectivity index (χ0) is 18.6. The molecule has 138 valence electrons. The summed E-state index contributed by atoms with van der Waals surface area (Å²) in [5.74, 6) is -4.00. The van der Waals surface area contributed by atoms with E-state index in [1.807, 2.05) is 0 Å². The van der Waals surface area contributed by atoms with Crippen molar-refractivity contribution in [2.45, 2.75) is 18.4 Å². The van der Waals surface area contributed by atoms with Crippen LogP contribution in [0.4, 0.5) is 0 Å². The highest BCUT2D eigenvalue weighted by atomic mass is 31.0. The molecule has 0 rings (SSSR count). The van der Waals surface area contributed by atoms with Gasteiger partial charge in [0.2, 0.25) is 5.60 Å². The highest BCUT2D eigenvalue weighted by Gasteiger charge is 2.48. The first-order chi connectivity index (χ1) is 11.3. The van der Waals surface area contributed by atoms with Crippen molar-refractivity contribution in [3.8, 4) is 0 Å². The molecule has 0 bridgehead atoms. The van der Waals surface area contributed by atoms with E-state index in [9.17, 15) is 19.2 Å². The molecule has 0 aliphatic rings. The van der Waals surface area contributed by atoms with E-state index in [0.717, 1.165) is 0 Å². The first-order valence-electron chi connectivity index (χ1n) is 6.34. The second kappa shape index (κ2) is 12.5. The lowest BCUT2D eigenvalue weighted by Gasteiger charge is -2.28. The highest BCUT2D eigenvalue weighted by Crippen LogP contribution is 2.27. The van der Waals surface area contributed by atoms with Crippen LogP contribution in [-0.2, 0) is 47.0 Å². The summed E-state index contributed by atoms with van der Waals surface area (Å²) < 4.78 is 27.9. The van der Waals surface area contributed by atoms with Crippen molar-refractivity contribution in [3.63, 3.8) is 0 Å². The van der Waals surface area contributed by atoms with E-state index in [1.54, 1.807) is 28.4 Å². The van der Waals surface area contributed by atoms with E-state index < -0.39 is 48.9 Å². The summed E-state index contributed by atoms with van der Waals surface area (Å²) in [5, 5.41) is 0. The molecular formula is C11H19O10P3. The van der Waals surface area contributed by atoms with Crippen LogP contribution in [0.1, 0.15) is 12.8 Å². The van der Waals surface area contributed by atoms with Gasteiger partial charge in [-0.15, -0.1) is 0 Å². The number of esters is 1. The average Bonchev–Trinajstić information content (AvgIpc) is 2.57. The number of hydrogen-bond donors (Lipinski definition) is 0. The zero-order valence-electron chi connectivity index (χ0n) is 12.9. The maximum atomic E-state index is 12.0. The van der Waals surface area contributed by atoms with Crippen molar-refractivity contribution in [2.75, 3.05) is 26.9 Å². The maximum Gasteiger partial charge on any atom is 0.354 e. The fourth-order valence-electron chi connectivity index (χ4n) is 1.52. The fraction of sp³-hybridized carbons (Fsp3) is 0.636. The van der Waals surface area contributed by atoms with Crippen LogP contribution in [0.15, 0.2) is 0 Å². The Bertz CT molecular complexity index is 437. The van der Waals surface area contributed by atoms with E-state index >= 15 is 0 Å². The normalized spacial score (nSPS) is 10.7. The third-order valence-corrected chi connectivity index (χ3v) is 3.30. The highest BCUT2D eigenvalue weighted by molar-refractivity contribution is 7.11. The summed E-state index contributed by atoms with van der Waals surface area (Å²) in [6, 6.07) is 0. The van der Waals surface area contributed by atoms with E-state index in [0.29, 0.717) is 0 Å². The third kappa shape index (κ3) is 8.27. The second-order valence-electron chi connectivity index (χ2n) is 4.25. The number of carbonyl (C=O) groups excluding carboxylic acids is 4. The molecule has 0 saturated heterocycles. The quantitative estimate of drug-likeness (QED) is 0.258. The van der Waals surface area contributed by atoms with Gasteiger partial charge in [0.1, 0.15) is 6.61 Å². The van der Waals surface area contributed by atoms with Gasteiger partial charge in [0.15, 0.2) is 0 Å². The van der Waals surface area contributed by atoms with E-state index in [1.165, 1.54) is 7.11 Å². The molecule has 0 aromatic rings. The number of hydrogen-bond acceptors (Lipinski definition) is 10. The van der Waals surface area contributed by atoms with Crippen LogP contribution in [0.3, 0.4) is 0 Å². The Hall–Kier alpha value is -0.910. The van der Waals surface area contributed by atoms with Gasteiger partial charge < -0.3 is 27.8 Å². The largest absolute Gasteiger partial charge is 0.451 e. The van der Waals surface area contributed by atoms with Crippen molar-refractivity contribution < 1.29 is 47.0 Å². The van der Waals surface area contributed by atoms with Gasteiger partial charge in [0.25, 0.3) is 0 Å². The molecule has 0 heterocycles. The lowest BCUT2D eigenvalue weighted by Crippen LogP contribution is -2.48. The molecule has 24 heavy (non-hydrogen) atoms. The van der Waals surface area contributed by atoms with Gasteiger partial charge in [0, 0.05) is 7.11 Å². The van der Waals surface area contributed by atoms with Gasteiger partial charge in [-0.1, -0.05) is 0 Å². The first kappa shape index (κ1) is 23.1. The molecule has 0 fully saturated rings. The van der Waals surface area contributed by atoms with Gasteiger partial charge in [-0.25, -0.2) is 9.59 Å². The summed E-state index contributed by atoms with van der Waals surface area (Å²) in [5.41, 5.74) is -2.25. The minimum atomic E-state index is -2.25. The summed E-state index contributed by atoms with van der Waals surface area (Å²) in [4.78, 5) is 47.0. The lowest BCUT2D eigenvalue weighted by molar-refractivity contribution is -0.185. The van der Waals surface area contributed by atoms with Crippen LogP contribution >= 0.6 is 28.4 Å². The number of rotatable bonds is 11. The second-order valence-corrected chi connectivity index (χ2v) is 4.96. The molecule has 0 aliphatic carbocycles. The van der Waals surface area contributed by atoms with Crippen molar-refractivity contribution in [1.82, 2.24) is 0 Å². The molecule has 0 aliphatic heterocycles. The molecule has 3 unspecified atom stereocenters. The van der Waals surface area contributed by atoms with Gasteiger partial charge in [0.05, 0.1) is 54.5 Å². The Morgan fingerprint density at radius 2 is 1.38 bits per heavy atom. The van der Waals surface area contributed by atoms with Crippen LogP contribution < -0.4 is 0 Å². The van der Waals surface area contributed by atoms with Gasteiger partial charge in [-0.2, -0.15) is 0 Å². The standard InChI is InChI=1S/C11H19O10P3/c1-16-2-3-17-6-9(14)18-11(10(15)21-24,4-7(12)19-22)5-8(13)20-23/h2-6,22-24H2,1H3. The van der Waals surface area contributed by atoms with Gasteiger partial charge >= 0.3 is 23.9 Å². The summed E-state index contributed by atoms with van der Waals surface area (Å²) in [6.45, 7) is -0.181. The van der Waals surface area contributed by atoms with Crippen molar-refractivity contribution in [1.29, 1.82) is 0 Å². The summed E-state index contributed by atoms with van der Waals surface area (Å²) in [6.07, 6.45) is -1.51. The van der Waals surface area contributed by atoms with E-state index in [4.69, 9.17) is 14.2 Å². The third-order valence-electron chi connectivity index (χ3n) is 2.56. The maximum absolute atomic E-state index is 12.0. The van der Waals surface area contributed by atoms with Crippen LogP contribution in [-0.4, -0.2) is 56.4 Å². The Balaban J connectivity index is 5.23. The SMILES string of the molecule is COCCOCC(=O)OC(CC(=O)OP)(CC(=O)OP)C(=O)OP. The van der Waals surface area contributed by atoms with E-state index in [-0.39, 0.29) is 13.2 Å². The minimum Gasteiger partial charge on any atom is -0.451 e. The Morgan fingerprint density at radius 1 is 0.833 bits per heavy atom. The van der Waals surface area contributed by atoms with Gasteiger partial charge in [-0.05, 0) is 0 Å². The van der Waals surface area contributed by atoms with Crippen LogP contribution in [0.2, 0.25) is 0 Å². The first-order valence-corrected chi connectivity index (χ1v) is 7.75. The fourth-order valence-corrected chi connectivity index (χ4v) is 1.90. The topological polar surface area (TPSA) is 124 Å². The number of ether oxygens (including phenoxy) is 3. The summed E-state index contributed by atoms with van der Waals surface area (Å²) >= 11 is 0. The minimum absolute atomic E-state index is 0.105. The van der Waals surface area contributed by atoms with Crippen LogP contribution in [0.5, 0.6) is 0 Å². The van der Waals surface area contributed by atoms with Crippen molar-refractivity contribution >= 4 is 52.3 Å². The number of carbonyl (C=O) groups is 4. The molecule has 0 spiro atoms. The molecule has 0 saturated carbocycles. The Labute approximate surface area is 145 Å². The molecule has 0 radical (unpaired) electrons. The zero-order valence-corrected chi connectivity index (χ0v) is 16.3.